The lowest BCUT2D eigenvalue weighted by Gasteiger charge is -2.37. The molecule has 0 amide bonds. The molecule has 0 radical (unpaired) electrons. The molecule has 0 aromatic carbocycles. The average molecular weight is 211 g/mol. The second-order valence-corrected chi connectivity index (χ2v) is 4.76. The van der Waals surface area contributed by atoms with Gasteiger partial charge in [0, 0.05) is 12.6 Å². The largest absolute Gasteiger partial charge is 0.469 e. The van der Waals surface area contributed by atoms with Crippen molar-refractivity contribution >= 4 is 5.97 Å². The molecule has 2 unspecified atom stereocenters. The highest BCUT2D eigenvalue weighted by molar-refractivity contribution is 5.69. The Balaban J connectivity index is 1.82. The third-order valence-corrected chi connectivity index (χ3v) is 3.94. The predicted octanol–water partition coefficient (Wildman–Crippen LogP) is 1.81. The van der Waals surface area contributed by atoms with Gasteiger partial charge in [-0.3, -0.25) is 9.69 Å². The summed E-state index contributed by atoms with van der Waals surface area (Å²) in [5, 5.41) is 0. The van der Waals surface area contributed by atoms with Crippen molar-refractivity contribution < 1.29 is 9.53 Å². The van der Waals surface area contributed by atoms with Crippen LogP contribution in [0.2, 0.25) is 0 Å². The van der Waals surface area contributed by atoms with Crippen molar-refractivity contribution in [3.8, 4) is 0 Å². The Morgan fingerprint density at radius 3 is 2.93 bits per heavy atom. The van der Waals surface area contributed by atoms with Gasteiger partial charge >= 0.3 is 5.97 Å². The van der Waals surface area contributed by atoms with Crippen LogP contribution in [0.5, 0.6) is 0 Å². The number of hydrogen-bond donors (Lipinski definition) is 0. The molecule has 0 bridgehead atoms. The molecular formula is C12H21NO2. The summed E-state index contributed by atoms with van der Waals surface area (Å²) in [7, 11) is 1.47. The van der Waals surface area contributed by atoms with Crippen molar-refractivity contribution in [3.63, 3.8) is 0 Å². The second kappa shape index (κ2) is 4.97. The van der Waals surface area contributed by atoms with Crippen molar-refractivity contribution in [2.24, 2.45) is 5.92 Å². The van der Waals surface area contributed by atoms with Crippen LogP contribution in [0.25, 0.3) is 0 Å². The molecule has 1 aliphatic carbocycles. The van der Waals surface area contributed by atoms with Gasteiger partial charge in [0.05, 0.1) is 13.5 Å². The highest BCUT2D eigenvalue weighted by Crippen LogP contribution is 2.36. The quantitative estimate of drug-likeness (QED) is 0.667. The lowest BCUT2D eigenvalue weighted by atomic mass is 9.92. The fourth-order valence-corrected chi connectivity index (χ4v) is 3.17. The summed E-state index contributed by atoms with van der Waals surface area (Å²) >= 11 is 0. The molecule has 2 atom stereocenters. The van der Waals surface area contributed by atoms with Crippen LogP contribution in [0.1, 0.15) is 38.5 Å². The molecule has 0 N–H and O–H groups in total. The minimum Gasteiger partial charge on any atom is -0.469 e. The SMILES string of the molecule is COC(=O)CCN1CCCC2CCCC21. The summed E-state index contributed by atoms with van der Waals surface area (Å²) in [6.07, 6.45) is 7.39. The predicted molar refractivity (Wildman–Crippen MR) is 58.6 cm³/mol. The van der Waals surface area contributed by atoms with Gasteiger partial charge in [-0.1, -0.05) is 6.42 Å². The molecule has 0 spiro atoms. The highest BCUT2D eigenvalue weighted by Gasteiger charge is 2.34. The zero-order chi connectivity index (χ0) is 10.7. The molecule has 1 heterocycles. The minimum absolute atomic E-state index is 0.0740. The van der Waals surface area contributed by atoms with Gasteiger partial charge < -0.3 is 4.74 Å². The number of ether oxygens (including phenoxy) is 1. The molecule has 2 aliphatic rings. The van der Waals surface area contributed by atoms with Crippen LogP contribution in [0.3, 0.4) is 0 Å². The van der Waals surface area contributed by atoms with E-state index in [4.69, 9.17) is 0 Å². The Bertz CT molecular complexity index is 230. The number of carbonyl (C=O) groups excluding carboxylic acids is 1. The molecular weight excluding hydrogens is 190 g/mol. The molecule has 2 fully saturated rings. The highest BCUT2D eigenvalue weighted by atomic mass is 16.5. The number of fused-ring (bicyclic) bond motifs is 1. The zero-order valence-electron chi connectivity index (χ0n) is 9.58. The van der Waals surface area contributed by atoms with Crippen molar-refractivity contribution in [2.75, 3.05) is 20.2 Å². The molecule has 1 saturated heterocycles. The Labute approximate surface area is 91.8 Å². The maximum atomic E-state index is 11.1. The summed E-state index contributed by atoms with van der Waals surface area (Å²) in [5.41, 5.74) is 0. The smallest absolute Gasteiger partial charge is 0.306 e. The summed E-state index contributed by atoms with van der Waals surface area (Å²) < 4.78 is 4.69. The molecule has 1 aliphatic heterocycles. The van der Waals surface area contributed by atoms with E-state index < -0.39 is 0 Å². The first-order valence-electron chi connectivity index (χ1n) is 6.12. The number of likely N-dealkylation sites (tertiary alicyclic amines) is 1. The molecule has 0 aromatic rings. The van der Waals surface area contributed by atoms with Crippen LogP contribution < -0.4 is 0 Å². The van der Waals surface area contributed by atoms with E-state index >= 15 is 0 Å². The van der Waals surface area contributed by atoms with E-state index in [2.05, 4.69) is 9.64 Å². The van der Waals surface area contributed by atoms with Crippen LogP contribution in [-0.4, -0.2) is 37.1 Å². The van der Waals surface area contributed by atoms with Crippen molar-refractivity contribution in [2.45, 2.75) is 44.6 Å². The number of nitrogens with zero attached hydrogens (tertiary/aromatic N) is 1. The van der Waals surface area contributed by atoms with Gasteiger partial charge in [0.1, 0.15) is 0 Å². The van der Waals surface area contributed by atoms with E-state index in [9.17, 15) is 4.79 Å². The maximum Gasteiger partial charge on any atom is 0.306 e. The Hall–Kier alpha value is -0.570. The summed E-state index contributed by atoms with van der Waals surface area (Å²) in [6.45, 7) is 2.08. The van der Waals surface area contributed by atoms with E-state index in [1.807, 2.05) is 0 Å². The average Bonchev–Trinajstić information content (AvgIpc) is 2.74. The normalized spacial score (nSPS) is 31.3. The van der Waals surface area contributed by atoms with E-state index in [1.165, 1.54) is 45.8 Å². The van der Waals surface area contributed by atoms with Gasteiger partial charge in [-0.25, -0.2) is 0 Å². The van der Waals surface area contributed by atoms with Gasteiger partial charge in [-0.2, -0.15) is 0 Å². The number of esters is 1. The van der Waals surface area contributed by atoms with E-state index in [1.54, 1.807) is 0 Å². The van der Waals surface area contributed by atoms with Crippen LogP contribution in [-0.2, 0) is 9.53 Å². The van der Waals surface area contributed by atoms with Crippen molar-refractivity contribution in [1.29, 1.82) is 0 Å². The first-order chi connectivity index (χ1) is 7.31. The maximum absolute atomic E-state index is 11.1. The minimum atomic E-state index is -0.0740. The Morgan fingerprint density at radius 2 is 2.13 bits per heavy atom. The standard InChI is InChI=1S/C12H21NO2/c1-15-12(14)7-9-13-8-3-5-10-4-2-6-11(10)13/h10-11H,2-9H2,1H3. The molecule has 3 nitrogen and oxygen atoms in total. The van der Waals surface area contributed by atoms with Crippen molar-refractivity contribution in [3.05, 3.63) is 0 Å². The Kier molecular flexibility index (Phi) is 3.62. The van der Waals surface area contributed by atoms with Gasteiger partial charge in [0.25, 0.3) is 0 Å². The van der Waals surface area contributed by atoms with E-state index in [0.717, 1.165) is 18.5 Å². The fraction of sp³-hybridized carbons (Fsp3) is 0.917. The first-order valence-corrected chi connectivity index (χ1v) is 6.12. The molecule has 0 aromatic heterocycles. The summed E-state index contributed by atoms with van der Waals surface area (Å²) in [4.78, 5) is 13.6. The number of piperidine rings is 1. The third kappa shape index (κ3) is 2.51. The zero-order valence-corrected chi connectivity index (χ0v) is 9.58. The van der Waals surface area contributed by atoms with Crippen LogP contribution in [0.4, 0.5) is 0 Å². The van der Waals surface area contributed by atoms with E-state index in [-0.39, 0.29) is 5.97 Å². The summed E-state index contributed by atoms with van der Waals surface area (Å²) in [5.74, 6) is 0.839. The van der Waals surface area contributed by atoms with Gasteiger partial charge in [-0.05, 0) is 38.1 Å². The molecule has 15 heavy (non-hydrogen) atoms. The molecule has 2 rings (SSSR count). The van der Waals surface area contributed by atoms with Crippen LogP contribution in [0.15, 0.2) is 0 Å². The van der Waals surface area contributed by atoms with Gasteiger partial charge in [0.15, 0.2) is 0 Å². The molecule has 1 saturated carbocycles. The lowest BCUT2D eigenvalue weighted by molar-refractivity contribution is -0.141. The van der Waals surface area contributed by atoms with Gasteiger partial charge in [0.2, 0.25) is 0 Å². The van der Waals surface area contributed by atoms with Crippen molar-refractivity contribution in [1.82, 2.24) is 4.90 Å². The Morgan fingerprint density at radius 1 is 1.33 bits per heavy atom. The molecule has 3 heteroatoms. The fourth-order valence-electron chi connectivity index (χ4n) is 3.17. The second-order valence-electron chi connectivity index (χ2n) is 4.76. The number of methoxy groups -OCH3 is 1. The van der Waals surface area contributed by atoms with E-state index in [0.29, 0.717) is 6.42 Å². The first kappa shape index (κ1) is 10.9. The number of carbonyl (C=O) groups is 1. The van der Waals surface area contributed by atoms with Gasteiger partial charge in [-0.15, -0.1) is 0 Å². The number of hydrogen-bond acceptors (Lipinski definition) is 3. The summed E-state index contributed by atoms with van der Waals surface area (Å²) in [6, 6.07) is 0.767. The van der Waals surface area contributed by atoms with Crippen LogP contribution >= 0.6 is 0 Å². The monoisotopic (exact) mass is 211 g/mol. The lowest BCUT2D eigenvalue weighted by Crippen LogP contribution is -2.43. The number of rotatable bonds is 3. The van der Waals surface area contributed by atoms with Crippen LogP contribution in [0, 0.1) is 5.92 Å². The third-order valence-electron chi connectivity index (χ3n) is 3.94. The topological polar surface area (TPSA) is 29.5 Å². The molecule has 86 valence electrons.